The smallest absolute Gasteiger partial charge is 0.262 e. The molecule has 1 N–H and O–H groups in total. The molecule has 2 heterocycles. The number of thioether (sulfide) groups is 1. The summed E-state index contributed by atoms with van der Waals surface area (Å²) < 4.78 is 13.5. The maximum Gasteiger partial charge on any atom is 0.262 e. The van der Waals surface area contributed by atoms with Crippen molar-refractivity contribution in [1.82, 2.24) is 5.01 Å². The van der Waals surface area contributed by atoms with E-state index in [2.05, 4.69) is 10.3 Å². The van der Waals surface area contributed by atoms with Crippen LogP contribution >= 0.6 is 23.4 Å². The van der Waals surface area contributed by atoms with Crippen molar-refractivity contribution >= 4 is 51.7 Å². The predicted octanol–water partition coefficient (Wildman–Crippen LogP) is 6.27. The first-order valence-corrected chi connectivity index (χ1v) is 13.1. The number of hydrazone groups is 1. The maximum absolute atomic E-state index is 13.5. The number of hydrogen-bond acceptors (Lipinski definition) is 5. The van der Waals surface area contributed by atoms with Crippen molar-refractivity contribution < 1.29 is 14.0 Å². The van der Waals surface area contributed by atoms with Gasteiger partial charge in [0.2, 0.25) is 5.91 Å². The van der Waals surface area contributed by atoms with Gasteiger partial charge in [-0.1, -0.05) is 65.3 Å². The highest BCUT2D eigenvalue weighted by atomic mass is 35.5. The lowest BCUT2D eigenvalue weighted by Gasteiger charge is -2.23. The predicted molar refractivity (Wildman–Crippen MR) is 147 cm³/mol. The third-order valence-electron chi connectivity index (χ3n) is 6.29. The third-order valence-corrected chi connectivity index (χ3v) is 7.68. The van der Waals surface area contributed by atoms with E-state index in [-0.39, 0.29) is 30.1 Å². The summed E-state index contributed by atoms with van der Waals surface area (Å²) in [5.74, 6) is -1.06. The normalized spacial score (nSPS) is 19.1. The van der Waals surface area contributed by atoms with Gasteiger partial charge in [-0.25, -0.2) is 9.40 Å². The molecule has 2 amide bonds. The van der Waals surface area contributed by atoms with Crippen molar-refractivity contribution in [3.05, 3.63) is 99.8 Å². The van der Waals surface area contributed by atoms with Gasteiger partial charge in [0, 0.05) is 23.6 Å². The first-order valence-electron chi connectivity index (χ1n) is 11.8. The minimum atomic E-state index is -0.666. The van der Waals surface area contributed by atoms with E-state index in [4.69, 9.17) is 16.7 Å². The zero-order chi connectivity index (χ0) is 26.1. The van der Waals surface area contributed by atoms with Crippen LogP contribution in [0.5, 0.6) is 0 Å². The highest BCUT2D eigenvalue weighted by molar-refractivity contribution is 8.15. The fraction of sp³-hybridized carbons (Fsp3) is 0.214. The monoisotopic (exact) mass is 534 g/mol. The van der Waals surface area contributed by atoms with Crippen LogP contribution in [0, 0.1) is 19.7 Å². The van der Waals surface area contributed by atoms with Gasteiger partial charge >= 0.3 is 0 Å². The van der Waals surface area contributed by atoms with Crippen LogP contribution in [-0.4, -0.2) is 33.0 Å². The van der Waals surface area contributed by atoms with Gasteiger partial charge in [-0.3, -0.25) is 9.59 Å². The molecule has 37 heavy (non-hydrogen) atoms. The number of benzene rings is 3. The second-order valence-corrected chi connectivity index (χ2v) is 10.7. The molecule has 3 aromatic rings. The van der Waals surface area contributed by atoms with Crippen LogP contribution in [0.2, 0.25) is 5.02 Å². The number of aliphatic imine (C=N–C) groups is 1. The van der Waals surface area contributed by atoms with Crippen molar-refractivity contribution in [1.29, 1.82) is 0 Å². The van der Waals surface area contributed by atoms with E-state index in [1.807, 2.05) is 55.5 Å². The number of carbonyl (C=O) groups excluding carboxylic acids is 2. The molecule has 3 aromatic carbocycles. The molecule has 0 bridgehead atoms. The minimum Gasteiger partial charge on any atom is -0.326 e. The Morgan fingerprint density at radius 2 is 1.84 bits per heavy atom. The number of carbonyl (C=O) groups is 2. The van der Waals surface area contributed by atoms with Gasteiger partial charge in [-0.2, -0.15) is 10.1 Å². The summed E-state index contributed by atoms with van der Waals surface area (Å²) in [6, 6.07) is 19.9. The van der Waals surface area contributed by atoms with Crippen LogP contribution in [0.4, 0.5) is 10.1 Å². The highest BCUT2D eigenvalue weighted by Gasteiger charge is 2.39. The lowest BCUT2D eigenvalue weighted by atomic mass is 9.98. The summed E-state index contributed by atoms with van der Waals surface area (Å²) in [6.07, 6.45) is 0.578. The van der Waals surface area contributed by atoms with Crippen molar-refractivity contribution in [2.45, 2.75) is 38.0 Å². The Morgan fingerprint density at radius 1 is 1.11 bits per heavy atom. The van der Waals surface area contributed by atoms with Gasteiger partial charge in [0.1, 0.15) is 11.1 Å². The number of anilines is 1. The molecule has 9 heteroatoms. The van der Waals surface area contributed by atoms with Crippen LogP contribution in [0.3, 0.4) is 0 Å². The fourth-order valence-corrected chi connectivity index (χ4v) is 5.45. The quantitative estimate of drug-likeness (QED) is 0.418. The number of aryl methyl sites for hydroxylation is 2. The molecule has 5 rings (SSSR count). The molecule has 6 nitrogen and oxygen atoms in total. The van der Waals surface area contributed by atoms with Gasteiger partial charge < -0.3 is 5.32 Å². The Kier molecular flexibility index (Phi) is 7.13. The summed E-state index contributed by atoms with van der Waals surface area (Å²) in [4.78, 5) is 29.7. The average Bonchev–Trinajstić information content (AvgIpc) is 3.46. The lowest BCUT2D eigenvalue weighted by Crippen LogP contribution is -2.25. The molecule has 0 unspecified atom stereocenters. The zero-order valence-corrected chi connectivity index (χ0v) is 21.8. The molecule has 0 aliphatic carbocycles. The maximum atomic E-state index is 13.5. The van der Waals surface area contributed by atoms with Crippen LogP contribution < -0.4 is 5.32 Å². The molecular formula is C28H24ClFN4O2S. The summed E-state index contributed by atoms with van der Waals surface area (Å²) >= 11 is 7.35. The molecular weight excluding hydrogens is 511 g/mol. The largest absolute Gasteiger partial charge is 0.326 e. The molecule has 188 valence electrons. The zero-order valence-electron chi connectivity index (χ0n) is 20.2. The Morgan fingerprint density at radius 3 is 2.54 bits per heavy atom. The van der Waals surface area contributed by atoms with Gasteiger partial charge in [0.15, 0.2) is 5.17 Å². The van der Waals surface area contributed by atoms with E-state index in [0.717, 1.165) is 22.4 Å². The third kappa shape index (κ3) is 5.60. The minimum absolute atomic E-state index is 0.0547. The van der Waals surface area contributed by atoms with Gasteiger partial charge in [0.05, 0.1) is 11.8 Å². The fourth-order valence-electron chi connectivity index (χ4n) is 4.26. The Bertz CT molecular complexity index is 1420. The summed E-state index contributed by atoms with van der Waals surface area (Å²) in [6.45, 7) is 3.66. The van der Waals surface area contributed by atoms with E-state index in [1.54, 1.807) is 18.0 Å². The standard InChI is InChI=1S/C28H24ClFN4O2S/c1-16-3-5-18(6-4-16)23-14-24(19-7-9-20(29)10-8-19)34(33-23)28-32-27(36)25(37-28)15-26(35)31-21-11-12-22(30)17(2)13-21/h3-13,24-25H,14-15H2,1-2H3,(H,31,35)/t24-,25-/m1/s1. The van der Waals surface area contributed by atoms with Crippen LogP contribution in [0.1, 0.15) is 41.1 Å². The molecule has 0 spiro atoms. The summed E-state index contributed by atoms with van der Waals surface area (Å²) in [5, 5.41) is 9.81. The van der Waals surface area contributed by atoms with E-state index >= 15 is 0 Å². The molecule has 2 aliphatic heterocycles. The van der Waals surface area contributed by atoms with Crippen molar-refractivity contribution in [2.24, 2.45) is 10.1 Å². The molecule has 0 saturated carbocycles. The Labute approximate surface area is 223 Å². The van der Waals surface area contributed by atoms with Gasteiger partial charge in [-0.05, 0) is 60.9 Å². The van der Waals surface area contributed by atoms with Crippen LogP contribution in [-0.2, 0) is 9.59 Å². The Balaban J connectivity index is 1.34. The number of amidine groups is 1. The topological polar surface area (TPSA) is 74.1 Å². The van der Waals surface area contributed by atoms with E-state index in [9.17, 15) is 14.0 Å². The molecule has 0 radical (unpaired) electrons. The van der Waals surface area contributed by atoms with E-state index in [0.29, 0.717) is 27.9 Å². The molecule has 2 atom stereocenters. The highest BCUT2D eigenvalue weighted by Crippen LogP contribution is 2.39. The molecule has 0 fully saturated rings. The molecule has 0 saturated heterocycles. The number of nitrogens with zero attached hydrogens (tertiary/aromatic N) is 3. The van der Waals surface area contributed by atoms with Crippen LogP contribution in [0.15, 0.2) is 76.8 Å². The number of amides is 2. The van der Waals surface area contributed by atoms with Crippen LogP contribution in [0.25, 0.3) is 0 Å². The summed E-state index contributed by atoms with van der Waals surface area (Å²) in [7, 11) is 0. The SMILES string of the molecule is Cc1ccc(C2=NN(C3=NC(=O)[C@@H](CC(=O)Nc4ccc(F)c(C)c4)S3)[C@@H](c3ccc(Cl)cc3)C2)cc1. The lowest BCUT2D eigenvalue weighted by molar-refractivity contribution is -0.121. The van der Waals surface area contributed by atoms with Crippen molar-refractivity contribution in [3.8, 4) is 0 Å². The average molecular weight is 535 g/mol. The summed E-state index contributed by atoms with van der Waals surface area (Å²) in [5.41, 5.74) is 4.97. The van der Waals surface area contributed by atoms with Crippen molar-refractivity contribution in [3.63, 3.8) is 0 Å². The van der Waals surface area contributed by atoms with Crippen molar-refractivity contribution in [2.75, 3.05) is 5.32 Å². The van der Waals surface area contributed by atoms with E-state index in [1.165, 1.54) is 23.9 Å². The number of hydrogen-bond donors (Lipinski definition) is 1. The first kappa shape index (κ1) is 25.2. The van der Waals surface area contributed by atoms with E-state index < -0.39 is 5.25 Å². The first-order chi connectivity index (χ1) is 17.8. The molecule has 2 aliphatic rings. The second kappa shape index (κ2) is 10.5. The molecule has 0 aromatic heterocycles. The second-order valence-electron chi connectivity index (χ2n) is 9.08. The number of rotatable bonds is 5. The van der Waals surface area contributed by atoms with Gasteiger partial charge in [0.25, 0.3) is 5.91 Å². The number of halogens is 2. The Hall–Kier alpha value is -3.49. The van der Waals surface area contributed by atoms with Gasteiger partial charge in [-0.15, -0.1) is 0 Å². The number of nitrogens with one attached hydrogen (secondary N) is 1.